The van der Waals surface area contributed by atoms with Crippen LogP contribution in [0, 0.1) is 0 Å². The summed E-state index contributed by atoms with van der Waals surface area (Å²) in [5.41, 5.74) is -0.106. The van der Waals surface area contributed by atoms with Gasteiger partial charge in [0.25, 0.3) is 0 Å². The maximum atomic E-state index is 9.67. The van der Waals surface area contributed by atoms with E-state index in [-0.39, 0.29) is 12.1 Å². The SMILES string of the molecule is CCC(CO)(CCCSc1ccccc1)NC(C)C. The van der Waals surface area contributed by atoms with Crippen molar-refractivity contribution in [2.75, 3.05) is 12.4 Å². The topological polar surface area (TPSA) is 32.3 Å². The molecule has 0 spiro atoms. The second-order valence-corrected chi connectivity index (χ2v) is 6.52. The largest absolute Gasteiger partial charge is 0.394 e. The van der Waals surface area contributed by atoms with E-state index in [0.29, 0.717) is 6.04 Å². The molecule has 0 amide bonds. The zero-order chi connectivity index (χ0) is 14.1. The highest BCUT2D eigenvalue weighted by molar-refractivity contribution is 7.99. The molecule has 0 aliphatic carbocycles. The first-order chi connectivity index (χ1) is 9.12. The van der Waals surface area contributed by atoms with Crippen molar-refractivity contribution in [1.29, 1.82) is 0 Å². The molecule has 19 heavy (non-hydrogen) atoms. The molecule has 0 saturated heterocycles. The van der Waals surface area contributed by atoms with Crippen molar-refractivity contribution in [3.05, 3.63) is 30.3 Å². The van der Waals surface area contributed by atoms with E-state index in [1.165, 1.54) is 4.90 Å². The summed E-state index contributed by atoms with van der Waals surface area (Å²) < 4.78 is 0. The summed E-state index contributed by atoms with van der Waals surface area (Å²) in [5, 5.41) is 13.2. The second-order valence-electron chi connectivity index (χ2n) is 5.36. The Hall–Kier alpha value is -0.510. The Morgan fingerprint density at radius 1 is 1.26 bits per heavy atom. The number of hydrogen-bond donors (Lipinski definition) is 2. The molecule has 0 radical (unpaired) electrons. The van der Waals surface area contributed by atoms with Gasteiger partial charge in [-0.1, -0.05) is 39.0 Å². The first-order valence-corrected chi connectivity index (χ1v) is 8.17. The lowest BCUT2D eigenvalue weighted by molar-refractivity contribution is 0.137. The van der Waals surface area contributed by atoms with Crippen LogP contribution >= 0.6 is 11.8 Å². The van der Waals surface area contributed by atoms with Crippen molar-refractivity contribution >= 4 is 11.8 Å². The number of aliphatic hydroxyl groups is 1. The molecule has 0 saturated carbocycles. The Kier molecular flexibility index (Phi) is 7.51. The highest BCUT2D eigenvalue weighted by Crippen LogP contribution is 2.23. The van der Waals surface area contributed by atoms with Gasteiger partial charge in [-0.05, 0) is 37.1 Å². The molecule has 1 aromatic rings. The third kappa shape index (κ3) is 5.98. The number of nitrogens with one attached hydrogen (secondary N) is 1. The predicted octanol–water partition coefficient (Wildman–Crippen LogP) is 3.70. The van der Waals surface area contributed by atoms with Crippen molar-refractivity contribution < 1.29 is 5.11 Å². The van der Waals surface area contributed by atoms with Crippen LogP contribution in [-0.2, 0) is 0 Å². The molecule has 1 rings (SSSR count). The third-order valence-electron chi connectivity index (χ3n) is 3.39. The maximum Gasteiger partial charge on any atom is 0.0613 e. The van der Waals surface area contributed by atoms with Crippen LogP contribution in [-0.4, -0.2) is 29.0 Å². The molecule has 1 aromatic carbocycles. The molecular weight excluding hydrogens is 254 g/mol. The predicted molar refractivity (Wildman–Crippen MR) is 84.8 cm³/mol. The van der Waals surface area contributed by atoms with Crippen molar-refractivity contribution in [3.63, 3.8) is 0 Å². The number of thioether (sulfide) groups is 1. The molecule has 108 valence electrons. The summed E-state index contributed by atoms with van der Waals surface area (Å²) in [6, 6.07) is 10.9. The Labute approximate surface area is 122 Å². The van der Waals surface area contributed by atoms with Crippen LogP contribution in [0.1, 0.15) is 40.0 Å². The van der Waals surface area contributed by atoms with Gasteiger partial charge in [0.2, 0.25) is 0 Å². The molecule has 0 heterocycles. The van der Waals surface area contributed by atoms with Gasteiger partial charge >= 0.3 is 0 Å². The van der Waals surface area contributed by atoms with Crippen LogP contribution in [0.3, 0.4) is 0 Å². The van der Waals surface area contributed by atoms with Crippen LogP contribution in [0.2, 0.25) is 0 Å². The van der Waals surface area contributed by atoms with E-state index >= 15 is 0 Å². The van der Waals surface area contributed by atoms with Gasteiger partial charge in [0.1, 0.15) is 0 Å². The fourth-order valence-corrected chi connectivity index (χ4v) is 3.19. The van der Waals surface area contributed by atoms with Crippen molar-refractivity contribution in [2.45, 2.75) is 56.5 Å². The molecule has 1 atom stereocenters. The molecule has 0 aliphatic heterocycles. The lowest BCUT2D eigenvalue weighted by Crippen LogP contribution is -2.51. The zero-order valence-corrected chi connectivity index (χ0v) is 13.2. The molecule has 1 unspecified atom stereocenters. The first kappa shape index (κ1) is 16.5. The quantitative estimate of drug-likeness (QED) is 0.535. The molecule has 0 aliphatic rings. The molecule has 3 heteroatoms. The molecule has 2 N–H and O–H groups in total. The number of benzene rings is 1. The Morgan fingerprint density at radius 2 is 1.95 bits per heavy atom. The van der Waals surface area contributed by atoms with Crippen LogP contribution in [0.4, 0.5) is 0 Å². The highest BCUT2D eigenvalue weighted by Gasteiger charge is 2.26. The van der Waals surface area contributed by atoms with E-state index in [1.54, 1.807) is 0 Å². The number of hydrogen-bond acceptors (Lipinski definition) is 3. The van der Waals surface area contributed by atoms with Crippen LogP contribution in [0.5, 0.6) is 0 Å². The highest BCUT2D eigenvalue weighted by atomic mass is 32.2. The van der Waals surface area contributed by atoms with Gasteiger partial charge in [0.15, 0.2) is 0 Å². The molecule has 2 nitrogen and oxygen atoms in total. The lowest BCUT2D eigenvalue weighted by atomic mass is 9.91. The van der Waals surface area contributed by atoms with Gasteiger partial charge in [0.05, 0.1) is 6.61 Å². The van der Waals surface area contributed by atoms with E-state index in [0.717, 1.165) is 25.0 Å². The van der Waals surface area contributed by atoms with Crippen LogP contribution in [0.25, 0.3) is 0 Å². The number of rotatable bonds is 9. The molecule has 0 aromatic heterocycles. The Bertz CT molecular complexity index is 336. The average Bonchev–Trinajstić information content (AvgIpc) is 2.43. The fourth-order valence-electron chi connectivity index (χ4n) is 2.32. The van der Waals surface area contributed by atoms with E-state index in [9.17, 15) is 5.11 Å². The summed E-state index contributed by atoms with van der Waals surface area (Å²) in [6.07, 6.45) is 3.11. The second kappa shape index (κ2) is 8.62. The fraction of sp³-hybridized carbons (Fsp3) is 0.625. The molecule has 0 bridgehead atoms. The first-order valence-electron chi connectivity index (χ1n) is 7.18. The zero-order valence-electron chi connectivity index (χ0n) is 12.4. The molecule has 0 fully saturated rings. The summed E-state index contributed by atoms with van der Waals surface area (Å²) in [4.78, 5) is 1.32. The van der Waals surface area contributed by atoms with E-state index in [4.69, 9.17) is 0 Å². The van der Waals surface area contributed by atoms with Gasteiger partial charge in [-0.15, -0.1) is 11.8 Å². The minimum atomic E-state index is -0.106. The van der Waals surface area contributed by atoms with Gasteiger partial charge in [0, 0.05) is 16.5 Å². The van der Waals surface area contributed by atoms with Gasteiger partial charge in [-0.25, -0.2) is 0 Å². The monoisotopic (exact) mass is 281 g/mol. The van der Waals surface area contributed by atoms with Crippen LogP contribution < -0.4 is 5.32 Å². The number of aliphatic hydroxyl groups excluding tert-OH is 1. The van der Waals surface area contributed by atoms with Crippen molar-refractivity contribution in [3.8, 4) is 0 Å². The van der Waals surface area contributed by atoms with Crippen molar-refractivity contribution in [2.24, 2.45) is 0 Å². The third-order valence-corrected chi connectivity index (χ3v) is 4.48. The Morgan fingerprint density at radius 3 is 2.47 bits per heavy atom. The normalized spacial score (nSPS) is 14.6. The van der Waals surface area contributed by atoms with Crippen LogP contribution in [0.15, 0.2) is 35.2 Å². The summed E-state index contributed by atoms with van der Waals surface area (Å²) in [6.45, 7) is 6.64. The van der Waals surface area contributed by atoms with Gasteiger partial charge in [-0.3, -0.25) is 0 Å². The smallest absolute Gasteiger partial charge is 0.0613 e. The lowest BCUT2D eigenvalue weighted by Gasteiger charge is -2.34. The van der Waals surface area contributed by atoms with E-state index in [2.05, 4.69) is 50.4 Å². The van der Waals surface area contributed by atoms with Gasteiger partial charge < -0.3 is 10.4 Å². The summed E-state index contributed by atoms with van der Waals surface area (Å²) in [7, 11) is 0. The van der Waals surface area contributed by atoms with Crippen molar-refractivity contribution in [1.82, 2.24) is 5.32 Å². The summed E-state index contributed by atoms with van der Waals surface area (Å²) in [5.74, 6) is 1.10. The minimum Gasteiger partial charge on any atom is -0.394 e. The summed E-state index contributed by atoms with van der Waals surface area (Å²) >= 11 is 1.89. The standard InChI is InChI=1S/C16H27NOS/c1-4-16(13-18,17-14(2)3)11-8-12-19-15-9-6-5-7-10-15/h5-7,9-10,14,17-18H,4,8,11-13H2,1-3H3. The Balaban J connectivity index is 2.36. The molecular formula is C16H27NOS. The van der Waals surface area contributed by atoms with E-state index < -0.39 is 0 Å². The minimum absolute atomic E-state index is 0.106. The maximum absolute atomic E-state index is 9.67. The average molecular weight is 281 g/mol. The van der Waals surface area contributed by atoms with Gasteiger partial charge in [-0.2, -0.15) is 0 Å². The van der Waals surface area contributed by atoms with E-state index in [1.807, 2.05) is 17.8 Å².